The number of nitrogens with one attached hydrogen (secondary N) is 3. The molecule has 7 atom stereocenters. The molecule has 1 saturated heterocycles. The Bertz CT molecular complexity index is 2230. The Kier molecular flexibility index (Phi) is 11.7. The van der Waals surface area contributed by atoms with Gasteiger partial charge < -0.3 is 39.2 Å². The molecule has 0 radical (unpaired) electrons. The smallest absolute Gasteiger partial charge is 0.408 e. The molecule has 3 N–H and O–H groups in total. The van der Waals surface area contributed by atoms with Crippen LogP contribution < -0.4 is 29.6 Å². The number of carbonyl (C=O) groups is 4. The Morgan fingerprint density at radius 1 is 1.11 bits per heavy atom. The number of sulfonamides is 1. The molecule has 4 amide bonds. The SMILES string of the molecule is COc1ccc2c(O[C@@H]3C[C@H]4C(=O)N[C@]5(C(=O)NS(=O)(=O)C6(C)CC6)C[C@H]5/C=C\CC[C@H](C)O[C@@H](C)[C@H](NC(=O)OC(C)(C)C(C)(F)F)C(=O)N4C3)nc3c(c2c1)CCCO3. The molecule has 334 valence electrons. The zero-order chi connectivity index (χ0) is 44.3. The van der Waals surface area contributed by atoms with Gasteiger partial charge in [-0.1, -0.05) is 12.2 Å². The second-order valence-electron chi connectivity index (χ2n) is 17.8. The van der Waals surface area contributed by atoms with E-state index in [-0.39, 0.29) is 25.3 Å². The van der Waals surface area contributed by atoms with Crippen LogP contribution in [0.3, 0.4) is 0 Å². The number of hydrogen-bond donors (Lipinski definition) is 3. The number of hydrogen-bond acceptors (Lipinski definition) is 12. The number of methoxy groups -OCH3 is 1. The van der Waals surface area contributed by atoms with Gasteiger partial charge in [-0.2, -0.15) is 4.98 Å². The van der Waals surface area contributed by atoms with Crippen molar-refractivity contribution in [2.24, 2.45) is 5.92 Å². The van der Waals surface area contributed by atoms with Crippen LogP contribution in [0.15, 0.2) is 30.4 Å². The molecule has 4 heterocycles. The number of fused-ring (bicyclic) bond motifs is 5. The number of benzene rings is 1. The quantitative estimate of drug-likeness (QED) is 0.299. The van der Waals surface area contributed by atoms with E-state index in [0.29, 0.717) is 62.7 Å². The molecular formula is C42H55F2N5O11S. The maximum atomic E-state index is 14.9. The summed E-state index contributed by atoms with van der Waals surface area (Å²) in [6, 6.07) is 2.52. The summed E-state index contributed by atoms with van der Waals surface area (Å²) in [5.74, 6) is -5.35. The number of alkyl carbamates (subject to hydrolysis) is 1. The minimum atomic E-state index is -4.08. The molecule has 1 aromatic carbocycles. The monoisotopic (exact) mass is 875 g/mol. The van der Waals surface area contributed by atoms with E-state index in [1.165, 1.54) is 4.90 Å². The van der Waals surface area contributed by atoms with Gasteiger partial charge in [0.25, 0.3) is 11.8 Å². The number of rotatable bonds is 9. The number of amides is 4. The lowest BCUT2D eigenvalue weighted by molar-refractivity contribution is -0.153. The minimum absolute atomic E-state index is 0.0966. The van der Waals surface area contributed by atoms with Crippen LogP contribution in [-0.4, -0.2) is 115 Å². The molecule has 0 unspecified atom stereocenters. The Morgan fingerprint density at radius 3 is 2.54 bits per heavy atom. The molecule has 19 heteroatoms. The van der Waals surface area contributed by atoms with Gasteiger partial charge in [-0.3, -0.25) is 19.1 Å². The van der Waals surface area contributed by atoms with E-state index in [4.69, 9.17) is 28.7 Å². The van der Waals surface area contributed by atoms with Crippen LogP contribution in [0.2, 0.25) is 0 Å². The summed E-state index contributed by atoms with van der Waals surface area (Å²) in [4.78, 5) is 62.8. The lowest BCUT2D eigenvalue weighted by atomic mass is 10.0. The van der Waals surface area contributed by atoms with E-state index >= 15 is 0 Å². The molecule has 2 aromatic rings. The fourth-order valence-electron chi connectivity index (χ4n) is 8.03. The summed E-state index contributed by atoms with van der Waals surface area (Å²) >= 11 is 0. The second kappa shape index (κ2) is 16.2. The third kappa shape index (κ3) is 8.81. The zero-order valence-electron chi connectivity index (χ0n) is 35.5. The number of aromatic nitrogens is 1. The standard InChI is InChI=1S/C42H55F2N5O11S/c1-23-11-8-9-12-25-21-42(25,37(52)48-61(54,55)40(5)16-17-40)47-33(50)31-20-27(59-35-29-15-14-26(56-7)19-30(29)28-13-10-18-57-34(28)46-35)22-49(31)36(51)32(24(2)58-23)45-38(53)60-39(3,4)41(6,43)44/h9,12,14-15,19,23-25,27,31-32H,8,10-11,13,16-18,20-22H2,1-7H3,(H,45,53)(H,47,50)(H,48,52)/b12-9-/t23-,24-,25+,27+,31-,32-,42+/m0/s1. The van der Waals surface area contributed by atoms with Crippen LogP contribution in [0, 0.1) is 5.92 Å². The van der Waals surface area contributed by atoms with E-state index in [1.54, 1.807) is 46.1 Å². The molecule has 0 bridgehead atoms. The van der Waals surface area contributed by atoms with Crippen LogP contribution in [0.5, 0.6) is 17.5 Å². The van der Waals surface area contributed by atoms with E-state index in [0.717, 1.165) is 31.2 Å². The van der Waals surface area contributed by atoms with Gasteiger partial charge in [-0.25, -0.2) is 22.0 Å². The summed E-state index contributed by atoms with van der Waals surface area (Å²) in [7, 11) is -2.53. The lowest BCUT2D eigenvalue weighted by Crippen LogP contribution is -2.60. The summed E-state index contributed by atoms with van der Waals surface area (Å²) in [6.07, 6.45) is 2.94. The van der Waals surface area contributed by atoms with Gasteiger partial charge in [0, 0.05) is 30.2 Å². The van der Waals surface area contributed by atoms with Crippen molar-refractivity contribution in [1.29, 1.82) is 0 Å². The number of alkyl halides is 2. The van der Waals surface area contributed by atoms with E-state index in [2.05, 4.69) is 15.4 Å². The van der Waals surface area contributed by atoms with Crippen molar-refractivity contribution < 1.29 is 60.1 Å². The normalized spacial score (nSPS) is 29.6. The van der Waals surface area contributed by atoms with Gasteiger partial charge in [0.1, 0.15) is 29.5 Å². The number of allylic oxidation sites excluding steroid dienone is 1. The molecule has 2 aliphatic carbocycles. The first-order valence-electron chi connectivity index (χ1n) is 20.8. The van der Waals surface area contributed by atoms with Crippen LogP contribution >= 0.6 is 0 Å². The first kappa shape index (κ1) is 44.3. The van der Waals surface area contributed by atoms with Gasteiger partial charge >= 0.3 is 6.09 Å². The Hall–Kier alpha value is -4.78. The topological polar surface area (TPSA) is 201 Å². The van der Waals surface area contributed by atoms with E-state index in [1.807, 2.05) is 12.1 Å². The van der Waals surface area contributed by atoms with Crippen LogP contribution in [-0.2, 0) is 40.3 Å². The fraction of sp³-hybridized carbons (Fsp3) is 0.643. The van der Waals surface area contributed by atoms with Gasteiger partial charge in [-0.05, 0) is 103 Å². The molecule has 5 aliphatic rings. The van der Waals surface area contributed by atoms with Gasteiger partial charge in [0.05, 0.1) is 37.2 Å². The number of ether oxygens (including phenoxy) is 5. The van der Waals surface area contributed by atoms with Crippen molar-refractivity contribution in [1.82, 2.24) is 25.2 Å². The largest absolute Gasteiger partial charge is 0.497 e. The molecule has 16 nitrogen and oxygen atoms in total. The number of halogens is 2. The number of nitrogens with zero attached hydrogens (tertiary/aromatic N) is 2. The summed E-state index contributed by atoms with van der Waals surface area (Å²) < 4.78 is 85.8. The van der Waals surface area contributed by atoms with E-state index in [9.17, 15) is 36.4 Å². The van der Waals surface area contributed by atoms with Crippen molar-refractivity contribution in [3.63, 3.8) is 0 Å². The highest BCUT2D eigenvalue weighted by Gasteiger charge is 2.63. The van der Waals surface area contributed by atoms with Crippen molar-refractivity contribution >= 4 is 44.6 Å². The molecular weight excluding hydrogens is 821 g/mol. The Balaban J connectivity index is 1.25. The van der Waals surface area contributed by atoms with Crippen LogP contribution in [0.1, 0.15) is 92.1 Å². The van der Waals surface area contributed by atoms with Crippen molar-refractivity contribution in [2.45, 2.75) is 145 Å². The molecule has 0 spiro atoms. The number of aryl methyl sites for hydroxylation is 1. The third-order valence-electron chi connectivity index (χ3n) is 12.7. The van der Waals surface area contributed by atoms with Crippen molar-refractivity contribution in [3.05, 3.63) is 35.9 Å². The second-order valence-corrected chi connectivity index (χ2v) is 20.0. The molecule has 1 aromatic heterocycles. The van der Waals surface area contributed by atoms with E-state index < -0.39 is 92.0 Å². The molecule has 61 heavy (non-hydrogen) atoms. The van der Waals surface area contributed by atoms with Crippen LogP contribution in [0.25, 0.3) is 10.8 Å². The van der Waals surface area contributed by atoms with Gasteiger partial charge in [0.2, 0.25) is 33.6 Å². The zero-order valence-corrected chi connectivity index (χ0v) is 36.3. The fourth-order valence-corrected chi connectivity index (χ4v) is 9.34. The van der Waals surface area contributed by atoms with Crippen molar-refractivity contribution in [3.8, 4) is 17.5 Å². The minimum Gasteiger partial charge on any atom is -0.497 e. The average Bonchev–Trinajstić information content (AvgIpc) is 4.07. The summed E-state index contributed by atoms with van der Waals surface area (Å²) in [5, 5.41) is 6.69. The molecule has 7 rings (SSSR count). The predicted octanol–water partition coefficient (Wildman–Crippen LogP) is 4.46. The summed E-state index contributed by atoms with van der Waals surface area (Å²) in [6.45, 7) is 7.75. The molecule has 3 aliphatic heterocycles. The maximum Gasteiger partial charge on any atom is 0.408 e. The highest BCUT2D eigenvalue weighted by molar-refractivity contribution is 7.91. The average molecular weight is 876 g/mol. The van der Waals surface area contributed by atoms with Crippen LogP contribution in [0.4, 0.5) is 13.6 Å². The number of pyridine rings is 1. The van der Waals surface area contributed by atoms with Gasteiger partial charge in [0.15, 0.2) is 5.60 Å². The Labute approximate surface area is 353 Å². The van der Waals surface area contributed by atoms with Gasteiger partial charge in [-0.15, -0.1) is 0 Å². The first-order chi connectivity index (χ1) is 28.6. The Morgan fingerprint density at radius 2 is 1.85 bits per heavy atom. The third-order valence-corrected chi connectivity index (χ3v) is 14.9. The molecule has 3 fully saturated rings. The maximum absolute atomic E-state index is 14.9. The number of carbonyl (C=O) groups excluding carboxylic acids is 4. The predicted molar refractivity (Wildman–Crippen MR) is 217 cm³/mol. The lowest BCUT2D eigenvalue weighted by Gasteiger charge is -2.35. The highest BCUT2D eigenvalue weighted by atomic mass is 32.2. The summed E-state index contributed by atoms with van der Waals surface area (Å²) in [5.41, 5.74) is -3.04. The van der Waals surface area contributed by atoms with Crippen molar-refractivity contribution in [2.75, 3.05) is 20.3 Å². The molecule has 2 saturated carbocycles. The first-order valence-corrected chi connectivity index (χ1v) is 22.3. The highest BCUT2D eigenvalue weighted by Crippen LogP contribution is 2.48.